The molecule has 1 aliphatic heterocycles. The van der Waals surface area contributed by atoms with Crippen molar-refractivity contribution in [1.82, 2.24) is 24.6 Å². The first kappa shape index (κ1) is 23.8. The van der Waals surface area contributed by atoms with Crippen LogP contribution in [0.1, 0.15) is 63.3 Å². The van der Waals surface area contributed by atoms with Crippen LogP contribution >= 0.6 is 0 Å². The molecule has 2 aromatic carbocycles. The summed E-state index contributed by atoms with van der Waals surface area (Å²) < 4.78 is 18.0. The van der Waals surface area contributed by atoms with Crippen molar-refractivity contribution in [2.24, 2.45) is 0 Å². The second-order valence-electron chi connectivity index (χ2n) is 11.1. The summed E-state index contributed by atoms with van der Waals surface area (Å²) in [6, 6.07) is 10.8. The SMILES string of the molecule is CC(C)(O)c1cc(-n2c3nc(Nc4ccc5c(c4)CCNC5(C)C)ncc3c(=O)n2C2CC2)ccc1F. The quantitative estimate of drug-likeness (QED) is 0.374. The predicted molar refractivity (Wildman–Crippen MR) is 141 cm³/mol. The third-order valence-electron chi connectivity index (χ3n) is 7.37. The largest absolute Gasteiger partial charge is 0.386 e. The minimum Gasteiger partial charge on any atom is -0.386 e. The maximum atomic E-state index is 14.6. The number of benzene rings is 2. The van der Waals surface area contributed by atoms with Crippen molar-refractivity contribution in [3.8, 4) is 5.69 Å². The number of aromatic nitrogens is 4. The zero-order valence-electron chi connectivity index (χ0n) is 21.5. The highest BCUT2D eigenvalue weighted by Crippen LogP contribution is 2.36. The Labute approximate surface area is 214 Å². The van der Waals surface area contributed by atoms with E-state index in [0.29, 0.717) is 22.7 Å². The van der Waals surface area contributed by atoms with Crippen LogP contribution in [0.15, 0.2) is 47.4 Å². The van der Waals surface area contributed by atoms with Gasteiger partial charge < -0.3 is 15.7 Å². The molecule has 1 saturated carbocycles. The minimum atomic E-state index is -1.38. The van der Waals surface area contributed by atoms with Gasteiger partial charge in [0.2, 0.25) is 5.95 Å². The molecule has 0 saturated heterocycles. The van der Waals surface area contributed by atoms with Crippen molar-refractivity contribution in [2.45, 2.75) is 64.1 Å². The predicted octanol–water partition coefficient (Wildman–Crippen LogP) is 4.41. The monoisotopic (exact) mass is 502 g/mol. The summed E-state index contributed by atoms with van der Waals surface area (Å²) in [4.78, 5) is 22.5. The van der Waals surface area contributed by atoms with E-state index in [1.165, 1.54) is 31.0 Å². The van der Waals surface area contributed by atoms with Crippen molar-refractivity contribution >= 4 is 22.7 Å². The van der Waals surface area contributed by atoms with E-state index in [2.05, 4.69) is 41.6 Å². The average molecular weight is 503 g/mol. The summed E-state index contributed by atoms with van der Waals surface area (Å²) in [6.45, 7) is 8.35. The summed E-state index contributed by atoms with van der Waals surface area (Å²) in [5, 5.41) is 17.8. The van der Waals surface area contributed by atoms with Crippen LogP contribution in [0.5, 0.6) is 0 Å². The van der Waals surface area contributed by atoms with E-state index in [1.54, 1.807) is 27.7 Å². The van der Waals surface area contributed by atoms with Crippen molar-refractivity contribution in [3.63, 3.8) is 0 Å². The molecule has 3 heterocycles. The lowest BCUT2D eigenvalue weighted by molar-refractivity contribution is 0.0745. The normalized spacial score (nSPS) is 17.1. The van der Waals surface area contributed by atoms with Gasteiger partial charge in [-0.25, -0.2) is 18.7 Å². The number of fused-ring (bicyclic) bond motifs is 2. The molecule has 8 nitrogen and oxygen atoms in total. The molecule has 0 bridgehead atoms. The van der Waals surface area contributed by atoms with Gasteiger partial charge in [0, 0.05) is 23.0 Å². The number of aliphatic hydroxyl groups is 1. The first-order valence-electron chi connectivity index (χ1n) is 12.7. The number of nitrogens with one attached hydrogen (secondary N) is 2. The van der Waals surface area contributed by atoms with E-state index in [1.807, 2.05) is 6.07 Å². The minimum absolute atomic E-state index is 0.0476. The summed E-state index contributed by atoms with van der Waals surface area (Å²) >= 11 is 0. The number of rotatable bonds is 5. The van der Waals surface area contributed by atoms with Gasteiger partial charge in [0.25, 0.3) is 5.56 Å². The van der Waals surface area contributed by atoms with Gasteiger partial charge in [0.1, 0.15) is 11.2 Å². The highest BCUT2D eigenvalue weighted by molar-refractivity contribution is 5.77. The third-order valence-corrected chi connectivity index (χ3v) is 7.37. The molecule has 6 rings (SSSR count). The molecule has 0 radical (unpaired) electrons. The lowest BCUT2D eigenvalue weighted by Crippen LogP contribution is -2.42. The zero-order valence-corrected chi connectivity index (χ0v) is 21.5. The van der Waals surface area contributed by atoms with E-state index in [4.69, 9.17) is 4.98 Å². The summed E-state index contributed by atoms with van der Waals surface area (Å²) in [7, 11) is 0. The zero-order chi connectivity index (χ0) is 26.1. The lowest BCUT2D eigenvalue weighted by Gasteiger charge is -2.34. The van der Waals surface area contributed by atoms with E-state index in [9.17, 15) is 14.3 Å². The maximum Gasteiger partial charge on any atom is 0.278 e. The first-order chi connectivity index (χ1) is 17.5. The van der Waals surface area contributed by atoms with E-state index >= 15 is 0 Å². The van der Waals surface area contributed by atoms with Crippen molar-refractivity contribution < 1.29 is 9.50 Å². The number of anilines is 2. The number of nitrogens with zero attached hydrogens (tertiary/aromatic N) is 4. The van der Waals surface area contributed by atoms with Crippen LogP contribution in [0.2, 0.25) is 0 Å². The van der Waals surface area contributed by atoms with Crippen LogP contribution < -0.4 is 16.2 Å². The van der Waals surface area contributed by atoms with Crippen LogP contribution in [0, 0.1) is 5.82 Å². The Bertz CT molecular complexity index is 1590. The molecule has 9 heteroatoms. The van der Waals surface area contributed by atoms with Crippen LogP contribution in [0.25, 0.3) is 16.7 Å². The molecule has 1 fully saturated rings. The van der Waals surface area contributed by atoms with E-state index in [0.717, 1.165) is 31.5 Å². The van der Waals surface area contributed by atoms with Crippen LogP contribution in [-0.4, -0.2) is 31.0 Å². The van der Waals surface area contributed by atoms with Gasteiger partial charge >= 0.3 is 0 Å². The molecule has 3 N–H and O–H groups in total. The van der Waals surface area contributed by atoms with Crippen molar-refractivity contribution in [3.05, 3.63) is 75.5 Å². The Hall–Kier alpha value is -3.56. The Morgan fingerprint density at radius 2 is 1.97 bits per heavy atom. The second-order valence-corrected chi connectivity index (χ2v) is 11.1. The smallest absolute Gasteiger partial charge is 0.278 e. The van der Waals surface area contributed by atoms with E-state index in [-0.39, 0.29) is 22.7 Å². The van der Waals surface area contributed by atoms with Crippen molar-refractivity contribution in [2.75, 3.05) is 11.9 Å². The van der Waals surface area contributed by atoms with Gasteiger partial charge in [-0.2, -0.15) is 4.98 Å². The second kappa shape index (κ2) is 8.22. The summed E-state index contributed by atoms with van der Waals surface area (Å²) in [6.07, 6.45) is 4.25. The Kier molecular flexibility index (Phi) is 5.29. The molecule has 0 atom stereocenters. The third kappa shape index (κ3) is 4.12. The molecular weight excluding hydrogens is 471 g/mol. The van der Waals surface area contributed by atoms with Crippen LogP contribution in [0.3, 0.4) is 0 Å². The Morgan fingerprint density at radius 1 is 1.19 bits per heavy atom. The highest BCUT2D eigenvalue weighted by atomic mass is 19.1. The molecule has 2 aliphatic rings. The number of hydrogen-bond acceptors (Lipinski definition) is 6. The van der Waals surface area contributed by atoms with Gasteiger partial charge in [0.15, 0.2) is 5.65 Å². The molecule has 192 valence electrons. The number of hydrogen-bond donors (Lipinski definition) is 3. The molecule has 37 heavy (non-hydrogen) atoms. The van der Waals surface area contributed by atoms with Crippen LogP contribution in [0.4, 0.5) is 16.0 Å². The Balaban J connectivity index is 1.46. The summed E-state index contributed by atoms with van der Waals surface area (Å²) in [5.74, 6) is -0.136. The number of halogens is 1. The van der Waals surface area contributed by atoms with Gasteiger partial charge in [-0.05, 0) is 95.0 Å². The topological polar surface area (TPSA) is 97.0 Å². The molecule has 2 aromatic heterocycles. The molecule has 0 unspecified atom stereocenters. The molecule has 0 amide bonds. The fourth-order valence-electron chi connectivity index (χ4n) is 5.29. The van der Waals surface area contributed by atoms with Gasteiger partial charge in [-0.15, -0.1) is 0 Å². The fourth-order valence-corrected chi connectivity index (χ4v) is 5.29. The van der Waals surface area contributed by atoms with Crippen LogP contribution in [-0.2, 0) is 17.6 Å². The summed E-state index contributed by atoms with van der Waals surface area (Å²) in [5.41, 5.74) is 2.93. The average Bonchev–Trinajstić information content (AvgIpc) is 3.62. The Morgan fingerprint density at radius 3 is 2.70 bits per heavy atom. The maximum absolute atomic E-state index is 14.6. The van der Waals surface area contributed by atoms with Gasteiger partial charge in [0.05, 0.1) is 17.3 Å². The standard InChI is InChI=1S/C28H31FN6O2/c1-27(2)21-9-5-17(13-16(21)11-12-31-27)32-26-30-15-20-24(33-26)34(35(25(20)36)18-6-7-18)19-8-10-23(29)22(14-19)28(3,4)37/h5,8-10,13-15,18,31,37H,6-7,11-12H2,1-4H3,(H,30,32,33). The van der Waals surface area contributed by atoms with Gasteiger partial charge in [-0.1, -0.05) is 6.07 Å². The van der Waals surface area contributed by atoms with E-state index < -0.39 is 11.4 Å². The molecule has 4 aromatic rings. The molecular formula is C28H31FN6O2. The highest BCUT2D eigenvalue weighted by Gasteiger charge is 2.32. The fraction of sp³-hybridized carbons (Fsp3) is 0.393. The molecule has 0 spiro atoms. The lowest BCUT2D eigenvalue weighted by atomic mass is 9.85. The first-order valence-corrected chi connectivity index (χ1v) is 12.7. The van der Waals surface area contributed by atoms with Crippen molar-refractivity contribution in [1.29, 1.82) is 0 Å². The molecule has 1 aliphatic carbocycles. The van der Waals surface area contributed by atoms with Gasteiger partial charge in [-0.3, -0.25) is 4.79 Å².